The van der Waals surface area contributed by atoms with Gasteiger partial charge in [-0.15, -0.1) is 0 Å². The Morgan fingerprint density at radius 2 is 1.82 bits per heavy atom. The molecule has 0 fully saturated rings. The highest BCUT2D eigenvalue weighted by molar-refractivity contribution is 6.04. The number of carbonyl (C=O) groups excluding carboxylic acids is 2. The van der Waals surface area contributed by atoms with Gasteiger partial charge in [0.2, 0.25) is 5.91 Å². The van der Waals surface area contributed by atoms with Gasteiger partial charge in [0.05, 0.1) is 12.6 Å². The van der Waals surface area contributed by atoms with Crippen LogP contribution in [0.2, 0.25) is 0 Å². The van der Waals surface area contributed by atoms with Crippen molar-refractivity contribution in [3.8, 4) is 0 Å². The van der Waals surface area contributed by atoms with Crippen molar-refractivity contribution in [2.75, 3.05) is 5.32 Å². The SMILES string of the molecule is C[C@@H](NC(=O)CCn1cncn1)c1ccc(NC(=O)c2ccc(F)cc2)cc1. The van der Waals surface area contributed by atoms with Crippen LogP contribution in [0.25, 0.3) is 0 Å². The van der Waals surface area contributed by atoms with Gasteiger partial charge < -0.3 is 10.6 Å². The van der Waals surface area contributed by atoms with Crippen LogP contribution in [-0.4, -0.2) is 26.6 Å². The fourth-order valence-corrected chi connectivity index (χ4v) is 2.62. The second kappa shape index (κ2) is 8.90. The van der Waals surface area contributed by atoms with Gasteiger partial charge in [-0.05, 0) is 48.9 Å². The fourth-order valence-electron chi connectivity index (χ4n) is 2.62. The topological polar surface area (TPSA) is 88.9 Å². The van der Waals surface area contributed by atoms with Crippen LogP contribution in [0.3, 0.4) is 0 Å². The lowest BCUT2D eigenvalue weighted by Gasteiger charge is -2.15. The van der Waals surface area contributed by atoms with Crippen LogP contribution >= 0.6 is 0 Å². The summed E-state index contributed by atoms with van der Waals surface area (Å²) < 4.78 is 14.5. The van der Waals surface area contributed by atoms with Gasteiger partial charge in [-0.25, -0.2) is 9.37 Å². The molecular formula is C20H20FN5O2. The third kappa shape index (κ3) is 5.23. The first-order chi connectivity index (χ1) is 13.5. The summed E-state index contributed by atoms with van der Waals surface area (Å²) in [6.07, 6.45) is 3.30. The fraction of sp³-hybridized carbons (Fsp3) is 0.200. The van der Waals surface area contributed by atoms with E-state index in [0.29, 0.717) is 24.2 Å². The summed E-state index contributed by atoms with van der Waals surface area (Å²) in [6.45, 7) is 2.35. The number of nitrogens with one attached hydrogen (secondary N) is 2. The molecule has 0 aliphatic carbocycles. The van der Waals surface area contributed by atoms with Crippen molar-refractivity contribution in [1.29, 1.82) is 0 Å². The number of anilines is 1. The quantitative estimate of drug-likeness (QED) is 0.659. The average molecular weight is 381 g/mol. The second-order valence-corrected chi connectivity index (χ2v) is 6.28. The Morgan fingerprint density at radius 1 is 1.11 bits per heavy atom. The molecule has 0 saturated carbocycles. The van der Waals surface area contributed by atoms with Crippen LogP contribution in [0, 0.1) is 5.82 Å². The Bertz CT molecular complexity index is 924. The summed E-state index contributed by atoms with van der Waals surface area (Å²) in [4.78, 5) is 28.0. The summed E-state index contributed by atoms with van der Waals surface area (Å²) in [5.41, 5.74) is 1.90. The number of aryl methyl sites for hydroxylation is 1. The third-order valence-electron chi connectivity index (χ3n) is 4.19. The maximum Gasteiger partial charge on any atom is 0.255 e. The van der Waals surface area contributed by atoms with E-state index >= 15 is 0 Å². The molecule has 0 saturated heterocycles. The summed E-state index contributed by atoms with van der Waals surface area (Å²) in [5.74, 6) is -0.794. The first-order valence-electron chi connectivity index (χ1n) is 8.80. The number of carbonyl (C=O) groups is 2. The minimum Gasteiger partial charge on any atom is -0.350 e. The molecule has 0 unspecified atom stereocenters. The molecule has 2 N–H and O–H groups in total. The zero-order valence-electron chi connectivity index (χ0n) is 15.3. The number of halogens is 1. The highest BCUT2D eigenvalue weighted by Crippen LogP contribution is 2.17. The van der Waals surface area contributed by atoms with Gasteiger partial charge in [0.1, 0.15) is 18.5 Å². The molecule has 7 nitrogen and oxygen atoms in total. The Labute approximate surface area is 161 Å². The van der Waals surface area contributed by atoms with E-state index in [9.17, 15) is 14.0 Å². The molecule has 0 bridgehead atoms. The van der Waals surface area contributed by atoms with Crippen molar-refractivity contribution >= 4 is 17.5 Å². The molecule has 3 aromatic rings. The molecule has 2 aromatic carbocycles. The zero-order chi connectivity index (χ0) is 19.9. The molecule has 1 aromatic heterocycles. The van der Waals surface area contributed by atoms with Crippen molar-refractivity contribution in [1.82, 2.24) is 20.1 Å². The van der Waals surface area contributed by atoms with Gasteiger partial charge >= 0.3 is 0 Å². The Morgan fingerprint density at radius 3 is 2.46 bits per heavy atom. The van der Waals surface area contributed by atoms with Crippen LogP contribution in [0.15, 0.2) is 61.2 Å². The van der Waals surface area contributed by atoms with Crippen LogP contribution in [-0.2, 0) is 11.3 Å². The van der Waals surface area contributed by atoms with Gasteiger partial charge in [-0.3, -0.25) is 14.3 Å². The second-order valence-electron chi connectivity index (χ2n) is 6.28. The first-order valence-corrected chi connectivity index (χ1v) is 8.80. The molecule has 1 atom stereocenters. The number of rotatable bonds is 7. The van der Waals surface area contributed by atoms with E-state index in [1.165, 1.54) is 30.6 Å². The van der Waals surface area contributed by atoms with Crippen molar-refractivity contribution < 1.29 is 14.0 Å². The first kappa shape index (κ1) is 19.2. The van der Waals surface area contributed by atoms with E-state index in [4.69, 9.17) is 0 Å². The highest BCUT2D eigenvalue weighted by atomic mass is 19.1. The molecule has 2 amide bonds. The molecule has 0 spiro atoms. The largest absolute Gasteiger partial charge is 0.350 e. The van der Waals surface area contributed by atoms with Gasteiger partial charge in [-0.2, -0.15) is 5.10 Å². The van der Waals surface area contributed by atoms with Crippen LogP contribution < -0.4 is 10.6 Å². The molecule has 28 heavy (non-hydrogen) atoms. The van der Waals surface area contributed by atoms with E-state index in [-0.39, 0.29) is 17.9 Å². The summed E-state index contributed by atoms with van der Waals surface area (Å²) in [6, 6.07) is 12.3. The van der Waals surface area contributed by atoms with E-state index in [2.05, 4.69) is 20.7 Å². The summed E-state index contributed by atoms with van der Waals surface area (Å²) in [5, 5.41) is 9.64. The van der Waals surface area contributed by atoms with Gasteiger partial charge in [0.15, 0.2) is 0 Å². The monoisotopic (exact) mass is 381 g/mol. The number of amides is 2. The number of hydrogen-bond acceptors (Lipinski definition) is 4. The lowest BCUT2D eigenvalue weighted by atomic mass is 10.1. The number of aromatic nitrogens is 3. The predicted molar refractivity (Wildman–Crippen MR) is 102 cm³/mol. The van der Waals surface area contributed by atoms with E-state index in [1.54, 1.807) is 23.1 Å². The number of benzene rings is 2. The standard InChI is InChI=1S/C20H20FN5O2/c1-14(24-19(27)10-11-26-13-22-12-23-26)15-4-8-18(9-5-15)25-20(28)16-2-6-17(21)7-3-16/h2-9,12-14H,10-11H2,1H3,(H,24,27)(H,25,28)/t14-/m1/s1. The number of hydrogen-bond donors (Lipinski definition) is 2. The molecular weight excluding hydrogens is 361 g/mol. The molecule has 144 valence electrons. The summed E-state index contributed by atoms with van der Waals surface area (Å²) >= 11 is 0. The average Bonchev–Trinajstić information content (AvgIpc) is 3.21. The van der Waals surface area contributed by atoms with Gasteiger partial charge in [0.25, 0.3) is 5.91 Å². The molecule has 0 radical (unpaired) electrons. The molecule has 1 heterocycles. The number of nitrogens with zero attached hydrogens (tertiary/aromatic N) is 3. The summed E-state index contributed by atoms with van der Waals surface area (Å²) in [7, 11) is 0. The minimum atomic E-state index is -0.391. The minimum absolute atomic E-state index is 0.0864. The molecule has 0 aliphatic rings. The van der Waals surface area contributed by atoms with Crippen LogP contribution in [0.4, 0.5) is 10.1 Å². The third-order valence-corrected chi connectivity index (χ3v) is 4.19. The van der Waals surface area contributed by atoms with Crippen molar-refractivity contribution in [2.45, 2.75) is 25.9 Å². The zero-order valence-corrected chi connectivity index (χ0v) is 15.3. The van der Waals surface area contributed by atoms with Crippen molar-refractivity contribution in [3.05, 3.63) is 78.1 Å². The normalized spacial score (nSPS) is 11.6. The predicted octanol–water partition coefficient (Wildman–Crippen LogP) is 2.94. The molecule has 3 rings (SSSR count). The van der Waals surface area contributed by atoms with E-state index in [0.717, 1.165) is 5.56 Å². The van der Waals surface area contributed by atoms with E-state index in [1.807, 2.05) is 19.1 Å². The van der Waals surface area contributed by atoms with Gasteiger partial charge in [-0.1, -0.05) is 12.1 Å². The van der Waals surface area contributed by atoms with Crippen molar-refractivity contribution in [2.24, 2.45) is 0 Å². The lowest BCUT2D eigenvalue weighted by Crippen LogP contribution is -2.27. The maximum absolute atomic E-state index is 12.9. The van der Waals surface area contributed by atoms with E-state index < -0.39 is 5.82 Å². The Balaban J connectivity index is 1.52. The highest BCUT2D eigenvalue weighted by Gasteiger charge is 2.11. The maximum atomic E-state index is 12.9. The smallest absolute Gasteiger partial charge is 0.255 e. The van der Waals surface area contributed by atoms with Gasteiger partial charge in [0, 0.05) is 17.7 Å². The van der Waals surface area contributed by atoms with Crippen molar-refractivity contribution in [3.63, 3.8) is 0 Å². The van der Waals surface area contributed by atoms with Crippen LogP contribution in [0.5, 0.6) is 0 Å². The Hall–Kier alpha value is -3.55. The molecule has 8 heteroatoms. The Kier molecular flexibility index (Phi) is 6.11. The lowest BCUT2D eigenvalue weighted by molar-refractivity contribution is -0.122. The van der Waals surface area contributed by atoms with Crippen LogP contribution in [0.1, 0.15) is 35.3 Å². The molecule has 0 aliphatic heterocycles.